The first-order valence-corrected chi connectivity index (χ1v) is 8.49. The Kier molecular flexibility index (Phi) is 5.34. The van der Waals surface area contributed by atoms with Gasteiger partial charge in [0.05, 0.1) is 18.0 Å². The van der Waals surface area contributed by atoms with Crippen molar-refractivity contribution in [1.82, 2.24) is 4.31 Å². The Hall–Kier alpha value is -1.97. The van der Waals surface area contributed by atoms with Crippen LogP contribution in [-0.4, -0.2) is 51.3 Å². The van der Waals surface area contributed by atoms with E-state index < -0.39 is 22.5 Å². The number of hydrogen-bond acceptors (Lipinski definition) is 5. The van der Waals surface area contributed by atoms with E-state index in [4.69, 9.17) is 10.5 Å². The molecule has 0 spiro atoms. The van der Waals surface area contributed by atoms with E-state index in [0.29, 0.717) is 18.5 Å². The number of primary amides is 1. The smallest absolute Gasteiger partial charge is 0.243 e. The number of ether oxygens (including phenoxy) is 1. The summed E-state index contributed by atoms with van der Waals surface area (Å²) in [5.74, 6) is -0.835. The van der Waals surface area contributed by atoms with Crippen molar-refractivity contribution < 1.29 is 22.7 Å². The van der Waals surface area contributed by atoms with Gasteiger partial charge in [-0.1, -0.05) is 0 Å². The summed E-state index contributed by atoms with van der Waals surface area (Å²) in [7, 11) is -2.43. The number of hydrogen-bond donors (Lipinski definition) is 2. The molecule has 0 bridgehead atoms. The number of carbonyl (C=O) groups excluding carboxylic acids is 2. The molecule has 3 N–H and O–H groups in total. The minimum absolute atomic E-state index is 0.0234. The maximum absolute atomic E-state index is 12.7. The van der Waals surface area contributed by atoms with E-state index in [1.54, 1.807) is 6.07 Å². The predicted molar refractivity (Wildman–Crippen MR) is 83.2 cm³/mol. The van der Waals surface area contributed by atoms with Gasteiger partial charge in [-0.15, -0.1) is 0 Å². The SMILES string of the molecule is COCCN(CC(N)=O)S(=O)(=O)c1ccc2c(c1)CCC(=O)N2. The van der Waals surface area contributed by atoms with Gasteiger partial charge in [0.15, 0.2) is 0 Å². The summed E-state index contributed by atoms with van der Waals surface area (Å²) in [6.45, 7) is -0.247. The van der Waals surface area contributed by atoms with Gasteiger partial charge in [0, 0.05) is 25.8 Å². The zero-order valence-corrected chi connectivity index (χ0v) is 13.6. The first-order chi connectivity index (χ1) is 10.8. The number of nitrogens with two attached hydrogens (primary N) is 1. The summed E-state index contributed by atoms with van der Waals surface area (Å²) in [6.07, 6.45) is 0.781. The Morgan fingerprint density at radius 1 is 1.39 bits per heavy atom. The second kappa shape index (κ2) is 7.07. The summed E-state index contributed by atoms with van der Waals surface area (Å²) in [5.41, 5.74) is 6.49. The lowest BCUT2D eigenvalue weighted by Crippen LogP contribution is -2.40. The lowest BCUT2D eigenvalue weighted by molar-refractivity contribution is -0.118. The van der Waals surface area contributed by atoms with Crippen LogP contribution in [0.3, 0.4) is 0 Å². The van der Waals surface area contributed by atoms with Gasteiger partial charge in [-0.25, -0.2) is 8.42 Å². The first kappa shape index (κ1) is 17.4. The van der Waals surface area contributed by atoms with Crippen molar-refractivity contribution in [3.8, 4) is 0 Å². The Morgan fingerprint density at radius 2 is 2.13 bits per heavy atom. The van der Waals surface area contributed by atoms with Crippen LogP contribution in [0.25, 0.3) is 0 Å². The van der Waals surface area contributed by atoms with Crippen LogP contribution in [0.4, 0.5) is 5.69 Å². The van der Waals surface area contributed by atoms with E-state index in [1.165, 1.54) is 19.2 Å². The number of anilines is 1. The fourth-order valence-corrected chi connectivity index (χ4v) is 3.76. The normalized spacial score (nSPS) is 14.4. The van der Waals surface area contributed by atoms with Crippen molar-refractivity contribution >= 4 is 27.5 Å². The number of nitrogens with one attached hydrogen (secondary N) is 1. The molecule has 0 fully saturated rings. The van der Waals surface area contributed by atoms with Crippen molar-refractivity contribution in [2.24, 2.45) is 5.73 Å². The lowest BCUT2D eigenvalue weighted by Gasteiger charge is -2.22. The molecule has 9 heteroatoms. The summed E-state index contributed by atoms with van der Waals surface area (Å²) < 4.78 is 31.3. The van der Waals surface area contributed by atoms with E-state index in [9.17, 15) is 18.0 Å². The summed E-state index contributed by atoms with van der Waals surface area (Å²) in [5, 5.41) is 2.69. The molecule has 0 unspecified atom stereocenters. The van der Waals surface area contributed by atoms with Gasteiger partial charge >= 0.3 is 0 Å². The molecular formula is C14H19N3O5S. The quantitative estimate of drug-likeness (QED) is 0.705. The lowest BCUT2D eigenvalue weighted by atomic mass is 10.0. The van der Waals surface area contributed by atoms with Crippen molar-refractivity contribution in [2.45, 2.75) is 17.7 Å². The van der Waals surface area contributed by atoms with Crippen LogP contribution in [0.1, 0.15) is 12.0 Å². The van der Waals surface area contributed by atoms with E-state index in [2.05, 4.69) is 5.32 Å². The number of methoxy groups -OCH3 is 1. The predicted octanol–water partition coefficient (Wildman–Crippen LogP) is -0.306. The molecule has 1 aliphatic rings. The zero-order valence-electron chi connectivity index (χ0n) is 12.7. The minimum atomic E-state index is -3.88. The molecule has 0 aliphatic carbocycles. The number of amides is 2. The molecule has 1 heterocycles. The highest BCUT2D eigenvalue weighted by Crippen LogP contribution is 2.26. The van der Waals surface area contributed by atoms with Crippen molar-refractivity contribution in [3.63, 3.8) is 0 Å². The first-order valence-electron chi connectivity index (χ1n) is 7.05. The maximum Gasteiger partial charge on any atom is 0.243 e. The van der Waals surface area contributed by atoms with E-state index in [1.807, 2.05) is 0 Å². The number of nitrogens with zero attached hydrogens (tertiary/aromatic N) is 1. The Labute approximate surface area is 134 Å². The van der Waals surface area contributed by atoms with E-state index in [0.717, 1.165) is 9.87 Å². The van der Waals surface area contributed by atoms with Gasteiger partial charge < -0.3 is 15.8 Å². The van der Waals surface area contributed by atoms with Crippen molar-refractivity contribution in [2.75, 3.05) is 32.1 Å². The minimum Gasteiger partial charge on any atom is -0.383 e. The molecule has 1 aromatic carbocycles. The molecule has 0 saturated carbocycles. The molecule has 8 nitrogen and oxygen atoms in total. The summed E-state index contributed by atoms with van der Waals surface area (Å²) >= 11 is 0. The fraction of sp³-hybridized carbons (Fsp3) is 0.429. The van der Waals surface area contributed by atoms with Crippen LogP contribution in [0.15, 0.2) is 23.1 Å². The molecule has 1 aliphatic heterocycles. The summed E-state index contributed by atoms with van der Waals surface area (Å²) in [6, 6.07) is 4.48. The Balaban J connectivity index is 2.33. The Bertz CT molecular complexity index is 717. The molecule has 23 heavy (non-hydrogen) atoms. The molecule has 0 atom stereocenters. The Morgan fingerprint density at radius 3 is 2.78 bits per heavy atom. The van der Waals surface area contributed by atoms with Gasteiger partial charge in [0.25, 0.3) is 0 Å². The molecule has 0 aromatic heterocycles. The van der Waals surface area contributed by atoms with Crippen LogP contribution in [0.5, 0.6) is 0 Å². The standard InChI is InChI=1S/C14H19N3O5S/c1-22-7-6-17(9-13(15)18)23(20,21)11-3-4-12-10(8-11)2-5-14(19)16-12/h3-4,8H,2,5-7,9H2,1H3,(H2,15,18)(H,16,19). The number of carbonyl (C=O) groups is 2. The number of sulfonamides is 1. The molecule has 126 valence electrons. The average Bonchev–Trinajstić information content (AvgIpc) is 2.50. The number of benzene rings is 1. The van der Waals surface area contributed by atoms with Crippen LogP contribution < -0.4 is 11.1 Å². The topological polar surface area (TPSA) is 119 Å². The van der Waals surface area contributed by atoms with E-state index in [-0.39, 0.29) is 24.0 Å². The van der Waals surface area contributed by atoms with E-state index >= 15 is 0 Å². The van der Waals surface area contributed by atoms with Crippen LogP contribution >= 0.6 is 0 Å². The van der Waals surface area contributed by atoms with Gasteiger partial charge in [0.2, 0.25) is 21.8 Å². The fourth-order valence-electron chi connectivity index (χ4n) is 2.32. The molecule has 2 amide bonds. The third-order valence-electron chi connectivity index (χ3n) is 3.49. The number of aryl methyl sites for hydroxylation is 1. The van der Waals surface area contributed by atoms with Crippen LogP contribution in [0, 0.1) is 0 Å². The second-order valence-electron chi connectivity index (χ2n) is 5.16. The monoisotopic (exact) mass is 341 g/mol. The van der Waals surface area contributed by atoms with Crippen molar-refractivity contribution in [1.29, 1.82) is 0 Å². The average molecular weight is 341 g/mol. The second-order valence-corrected chi connectivity index (χ2v) is 7.10. The highest BCUT2D eigenvalue weighted by atomic mass is 32.2. The zero-order chi connectivity index (χ0) is 17.0. The van der Waals surface area contributed by atoms with Crippen LogP contribution in [0.2, 0.25) is 0 Å². The number of rotatable bonds is 7. The molecular weight excluding hydrogens is 322 g/mol. The summed E-state index contributed by atoms with van der Waals surface area (Å²) in [4.78, 5) is 22.6. The molecule has 1 aromatic rings. The van der Waals surface area contributed by atoms with Gasteiger partial charge in [-0.05, 0) is 30.2 Å². The van der Waals surface area contributed by atoms with Gasteiger partial charge in [0.1, 0.15) is 0 Å². The molecule has 0 radical (unpaired) electrons. The molecule has 2 rings (SSSR count). The third kappa shape index (κ3) is 4.06. The van der Waals surface area contributed by atoms with Crippen LogP contribution in [-0.2, 0) is 30.8 Å². The highest BCUT2D eigenvalue weighted by Gasteiger charge is 2.27. The maximum atomic E-state index is 12.7. The third-order valence-corrected chi connectivity index (χ3v) is 5.33. The number of fused-ring (bicyclic) bond motifs is 1. The van der Waals surface area contributed by atoms with Gasteiger partial charge in [-0.2, -0.15) is 4.31 Å². The largest absolute Gasteiger partial charge is 0.383 e. The van der Waals surface area contributed by atoms with Crippen molar-refractivity contribution in [3.05, 3.63) is 23.8 Å². The highest BCUT2D eigenvalue weighted by molar-refractivity contribution is 7.89. The van der Waals surface area contributed by atoms with Gasteiger partial charge in [-0.3, -0.25) is 9.59 Å². The molecule has 0 saturated heterocycles.